The van der Waals surface area contributed by atoms with E-state index in [1.54, 1.807) is 12.3 Å². The molecule has 3 rings (SSSR count). The van der Waals surface area contributed by atoms with Gasteiger partial charge in [-0.2, -0.15) is 0 Å². The number of fused-ring (bicyclic) bond motifs is 1. The van der Waals surface area contributed by atoms with Crippen molar-refractivity contribution in [1.29, 1.82) is 0 Å². The Morgan fingerprint density at radius 3 is 2.74 bits per heavy atom. The van der Waals surface area contributed by atoms with E-state index in [9.17, 15) is 4.39 Å². The van der Waals surface area contributed by atoms with Gasteiger partial charge in [-0.15, -0.1) is 0 Å². The predicted molar refractivity (Wildman–Crippen MR) is 73.2 cm³/mol. The van der Waals surface area contributed by atoms with E-state index < -0.39 is 5.82 Å². The molecular formula is C13H9ClFN3O. The van der Waals surface area contributed by atoms with Crippen LogP contribution in [0.25, 0.3) is 22.1 Å². The number of benzene rings is 1. The molecule has 1 aromatic carbocycles. The molecule has 0 bridgehead atoms. The Hall–Kier alpha value is -2.27. The Balaban J connectivity index is 2.33. The second kappa shape index (κ2) is 4.13. The van der Waals surface area contributed by atoms with Crippen molar-refractivity contribution in [2.45, 2.75) is 0 Å². The lowest BCUT2D eigenvalue weighted by Crippen LogP contribution is -1.91. The molecule has 3 aromatic rings. The number of anilines is 2. The zero-order chi connectivity index (χ0) is 13.6. The Labute approximate surface area is 112 Å². The molecule has 2 aromatic heterocycles. The van der Waals surface area contributed by atoms with Crippen LogP contribution in [-0.4, -0.2) is 4.98 Å². The van der Waals surface area contributed by atoms with Gasteiger partial charge in [0.05, 0.1) is 16.6 Å². The number of hydrogen-bond acceptors (Lipinski definition) is 4. The number of nitrogens with two attached hydrogens (primary N) is 2. The summed E-state index contributed by atoms with van der Waals surface area (Å²) in [4.78, 5) is 4.05. The number of nitrogens with zero attached hydrogens (tertiary/aromatic N) is 1. The monoisotopic (exact) mass is 277 g/mol. The topological polar surface area (TPSA) is 78.1 Å². The molecule has 0 aliphatic carbocycles. The summed E-state index contributed by atoms with van der Waals surface area (Å²) in [6, 6.07) is 4.40. The first-order valence-electron chi connectivity index (χ1n) is 5.45. The molecule has 4 N–H and O–H groups in total. The van der Waals surface area contributed by atoms with Crippen LogP contribution in [0.1, 0.15) is 0 Å². The lowest BCUT2D eigenvalue weighted by Gasteiger charge is -2.04. The Kier molecular flexibility index (Phi) is 2.57. The van der Waals surface area contributed by atoms with Gasteiger partial charge >= 0.3 is 0 Å². The fraction of sp³-hybridized carbons (Fsp3) is 0. The van der Waals surface area contributed by atoms with Gasteiger partial charge in [-0.25, -0.2) is 4.39 Å². The summed E-state index contributed by atoms with van der Waals surface area (Å²) in [6.45, 7) is 0. The standard InChI is InChI=1S/C13H9ClFN3O/c14-8-3-6(1-2-9(8)15)7-4-18-5-10-11(7)12(16)13(17)19-10/h1-5H,16-17H2. The van der Waals surface area contributed by atoms with Gasteiger partial charge in [-0.3, -0.25) is 4.98 Å². The number of furan rings is 1. The maximum atomic E-state index is 13.2. The molecule has 96 valence electrons. The molecule has 0 saturated heterocycles. The van der Waals surface area contributed by atoms with Crippen LogP contribution in [0.4, 0.5) is 16.0 Å². The number of rotatable bonds is 1. The van der Waals surface area contributed by atoms with Crippen LogP contribution in [0.5, 0.6) is 0 Å². The van der Waals surface area contributed by atoms with Crippen molar-refractivity contribution >= 4 is 34.1 Å². The second-order valence-electron chi connectivity index (χ2n) is 4.07. The number of nitrogen functional groups attached to an aromatic ring is 2. The quantitative estimate of drug-likeness (QED) is 0.714. The third-order valence-electron chi connectivity index (χ3n) is 2.90. The van der Waals surface area contributed by atoms with E-state index in [1.807, 2.05) is 0 Å². The Morgan fingerprint density at radius 2 is 2.00 bits per heavy atom. The van der Waals surface area contributed by atoms with Gasteiger partial charge in [0.25, 0.3) is 0 Å². The van der Waals surface area contributed by atoms with Crippen LogP contribution >= 0.6 is 11.6 Å². The van der Waals surface area contributed by atoms with Crippen LogP contribution in [0.2, 0.25) is 5.02 Å². The summed E-state index contributed by atoms with van der Waals surface area (Å²) >= 11 is 5.79. The molecule has 0 aliphatic rings. The van der Waals surface area contributed by atoms with Crippen molar-refractivity contribution in [2.24, 2.45) is 0 Å². The first-order valence-corrected chi connectivity index (χ1v) is 5.82. The number of halogens is 2. The average Bonchev–Trinajstić information content (AvgIpc) is 2.69. The van der Waals surface area contributed by atoms with Crippen molar-refractivity contribution in [3.63, 3.8) is 0 Å². The normalized spacial score (nSPS) is 11.1. The van der Waals surface area contributed by atoms with Crippen LogP contribution in [0.15, 0.2) is 35.0 Å². The lowest BCUT2D eigenvalue weighted by molar-refractivity contribution is 0.628. The highest BCUT2D eigenvalue weighted by Gasteiger charge is 2.15. The van der Waals surface area contributed by atoms with Crippen LogP contribution in [-0.2, 0) is 0 Å². The van der Waals surface area contributed by atoms with Gasteiger partial charge in [0.1, 0.15) is 11.5 Å². The van der Waals surface area contributed by atoms with Crippen molar-refractivity contribution in [1.82, 2.24) is 4.98 Å². The fourth-order valence-electron chi connectivity index (χ4n) is 1.98. The molecular weight excluding hydrogens is 269 g/mol. The SMILES string of the molecule is Nc1oc2cncc(-c3ccc(F)c(Cl)c3)c2c1N. The molecule has 4 nitrogen and oxygen atoms in total. The van der Waals surface area contributed by atoms with Gasteiger partial charge in [-0.1, -0.05) is 17.7 Å². The highest BCUT2D eigenvalue weighted by molar-refractivity contribution is 6.31. The molecule has 0 atom stereocenters. The van der Waals surface area contributed by atoms with Gasteiger partial charge in [0.15, 0.2) is 5.58 Å². The van der Waals surface area contributed by atoms with Crippen molar-refractivity contribution < 1.29 is 8.81 Å². The molecule has 19 heavy (non-hydrogen) atoms. The van der Waals surface area contributed by atoms with Gasteiger partial charge in [0, 0.05) is 11.8 Å². The summed E-state index contributed by atoms with van der Waals surface area (Å²) in [6.07, 6.45) is 3.13. The molecule has 0 unspecified atom stereocenters. The molecule has 0 spiro atoms. The van der Waals surface area contributed by atoms with E-state index >= 15 is 0 Å². The summed E-state index contributed by atoms with van der Waals surface area (Å²) in [7, 11) is 0. The molecule has 0 aliphatic heterocycles. The van der Waals surface area contributed by atoms with Gasteiger partial charge in [0.2, 0.25) is 5.88 Å². The first-order chi connectivity index (χ1) is 9.08. The zero-order valence-electron chi connectivity index (χ0n) is 9.65. The Bertz CT molecular complexity index is 785. The molecule has 6 heteroatoms. The number of aromatic nitrogens is 1. The molecule has 0 radical (unpaired) electrons. The highest BCUT2D eigenvalue weighted by Crippen LogP contribution is 2.37. The van der Waals surface area contributed by atoms with E-state index in [1.165, 1.54) is 18.3 Å². The zero-order valence-corrected chi connectivity index (χ0v) is 10.4. The lowest BCUT2D eigenvalue weighted by atomic mass is 10.0. The minimum Gasteiger partial charge on any atom is -0.437 e. The van der Waals surface area contributed by atoms with Crippen LogP contribution in [0.3, 0.4) is 0 Å². The van der Waals surface area contributed by atoms with Crippen molar-refractivity contribution in [3.8, 4) is 11.1 Å². The van der Waals surface area contributed by atoms with E-state index in [0.29, 0.717) is 27.8 Å². The number of pyridine rings is 1. The summed E-state index contributed by atoms with van der Waals surface area (Å²) in [5, 5.41) is 0.680. The highest BCUT2D eigenvalue weighted by atomic mass is 35.5. The third kappa shape index (κ3) is 1.79. The summed E-state index contributed by atoms with van der Waals surface area (Å²) in [5.41, 5.74) is 13.7. The second-order valence-corrected chi connectivity index (χ2v) is 4.48. The maximum Gasteiger partial charge on any atom is 0.214 e. The van der Waals surface area contributed by atoms with E-state index in [0.717, 1.165) is 0 Å². The predicted octanol–water partition coefficient (Wildman–Crippen LogP) is 3.45. The maximum absolute atomic E-state index is 13.2. The van der Waals surface area contributed by atoms with Crippen LogP contribution in [0, 0.1) is 5.82 Å². The van der Waals surface area contributed by atoms with E-state index in [-0.39, 0.29) is 10.9 Å². The number of hydrogen-bond donors (Lipinski definition) is 2. The first kappa shape index (κ1) is 11.8. The third-order valence-corrected chi connectivity index (χ3v) is 3.19. The van der Waals surface area contributed by atoms with E-state index in [4.69, 9.17) is 27.5 Å². The largest absolute Gasteiger partial charge is 0.437 e. The molecule has 0 saturated carbocycles. The van der Waals surface area contributed by atoms with Gasteiger partial charge < -0.3 is 15.9 Å². The van der Waals surface area contributed by atoms with Crippen molar-refractivity contribution in [2.75, 3.05) is 11.5 Å². The van der Waals surface area contributed by atoms with Gasteiger partial charge in [-0.05, 0) is 17.7 Å². The minimum absolute atomic E-state index is 0.0320. The summed E-state index contributed by atoms with van der Waals surface area (Å²) in [5.74, 6) is -0.345. The van der Waals surface area contributed by atoms with Crippen LogP contribution < -0.4 is 11.5 Å². The molecule has 0 fully saturated rings. The minimum atomic E-state index is -0.481. The van der Waals surface area contributed by atoms with E-state index in [2.05, 4.69) is 4.98 Å². The smallest absolute Gasteiger partial charge is 0.214 e. The fourth-order valence-corrected chi connectivity index (χ4v) is 2.16. The summed E-state index contributed by atoms with van der Waals surface area (Å²) < 4.78 is 18.5. The molecule has 2 heterocycles. The average molecular weight is 278 g/mol. The Morgan fingerprint density at radius 1 is 1.21 bits per heavy atom. The van der Waals surface area contributed by atoms with Crippen molar-refractivity contribution in [3.05, 3.63) is 41.4 Å². The molecule has 0 amide bonds.